The van der Waals surface area contributed by atoms with Crippen molar-refractivity contribution in [3.8, 4) is 0 Å². The van der Waals surface area contributed by atoms with E-state index < -0.39 is 12.1 Å². The largest absolute Gasteiger partial charge is 0.481 e. The molecule has 0 radical (unpaired) electrons. The third-order valence-corrected chi connectivity index (χ3v) is 3.54. The van der Waals surface area contributed by atoms with Crippen LogP contribution in [0, 0.1) is 0 Å². The predicted octanol–water partition coefficient (Wildman–Crippen LogP) is 1.96. The van der Waals surface area contributed by atoms with Crippen LogP contribution < -0.4 is 5.73 Å². The number of thioether (sulfide) groups is 1. The van der Waals surface area contributed by atoms with Crippen molar-refractivity contribution in [3.05, 3.63) is 22.7 Å². The van der Waals surface area contributed by atoms with E-state index in [1.807, 2.05) is 12.1 Å². The van der Waals surface area contributed by atoms with Gasteiger partial charge in [0.05, 0.1) is 12.5 Å². The molecule has 16 heavy (non-hydrogen) atoms. The molecule has 0 bridgehead atoms. The molecule has 0 amide bonds. The Bertz CT molecular complexity index is 386. The molecule has 6 heteroatoms. The molecule has 0 aromatic heterocycles. The van der Waals surface area contributed by atoms with Gasteiger partial charge in [0.15, 0.2) is 0 Å². The van der Waals surface area contributed by atoms with Crippen LogP contribution in [-0.4, -0.2) is 28.0 Å². The zero-order valence-electron chi connectivity index (χ0n) is 8.39. The van der Waals surface area contributed by atoms with Crippen LogP contribution in [0.1, 0.15) is 6.42 Å². The van der Waals surface area contributed by atoms with Crippen molar-refractivity contribution in [1.82, 2.24) is 0 Å². The normalized spacial score (nSPS) is 12.4. The van der Waals surface area contributed by atoms with Crippen LogP contribution in [0.15, 0.2) is 27.6 Å². The second kappa shape index (κ2) is 6.12. The van der Waals surface area contributed by atoms with E-state index >= 15 is 0 Å². The number of carboxylic acid groups (broad SMARTS) is 1. The molecule has 88 valence electrons. The molecule has 0 saturated heterocycles. The number of hydrogen-bond acceptors (Lipinski definition) is 4. The van der Waals surface area contributed by atoms with E-state index in [1.54, 1.807) is 6.07 Å². The Morgan fingerprint density at radius 1 is 1.56 bits per heavy atom. The van der Waals surface area contributed by atoms with Crippen LogP contribution >= 0.6 is 27.7 Å². The first-order valence-electron chi connectivity index (χ1n) is 4.56. The number of nitrogen functional groups attached to an aromatic ring is 1. The molecule has 0 spiro atoms. The third-order valence-electron chi connectivity index (χ3n) is 1.81. The van der Waals surface area contributed by atoms with E-state index in [0.717, 1.165) is 9.37 Å². The smallest absolute Gasteiger partial charge is 0.306 e. The molecular formula is C10H12BrNO3S. The summed E-state index contributed by atoms with van der Waals surface area (Å²) in [4.78, 5) is 11.2. The average molecular weight is 306 g/mol. The Morgan fingerprint density at radius 2 is 2.25 bits per heavy atom. The van der Waals surface area contributed by atoms with Crippen molar-refractivity contribution in [2.45, 2.75) is 17.4 Å². The first-order valence-corrected chi connectivity index (χ1v) is 6.34. The van der Waals surface area contributed by atoms with Gasteiger partial charge in [0.25, 0.3) is 0 Å². The van der Waals surface area contributed by atoms with Gasteiger partial charge in [0.1, 0.15) is 0 Å². The summed E-state index contributed by atoms with van der Waals surface area (Å²) in [5.41, 5.74) is 6.37. The Hall–Kier alpha value is -0.720. The van der Waals surface area contributed by atoms with Gasteiger partial charge in [-0.15, -0.1) is 11.8 Å². The standard InChI is InChI=1S/C10H12BrNO3S/c11-6-1-2-9(8(12)3-6)16-5-7(13)4-10(14)15/h1-3,7,13H,4-5,12H2,(H,14,15). The number of benzene rings is 1. The molecule has 0 aliphatic rings. The van der Waals surface area contributed by atoms with Gasteiger partial charge >= 0.3 is 5.97 Å². The summed E-state index contributed by atoms with van der Waals surface area (Å²) in [6.45, 7) is 0. The van der Waals surface area contributed by atoms with Gasteiger partial charge < -0.3 is 15.9 Å². The molecule has 0 aliphatic heterocycles. The lowest BCUT2D eigenvalue weighted by atomic mass is 10.3. The number of anilines is 1. The minimum atomic E-state index is -1.00. The van der Waals surface area contributed by atoms with Crippen LogP contribution in [0.3, 0.4) is 0 Å². The van der Waals surface area contributed by atoms with Gasteiger partial charge in [0, 0.05) is 20.8 Å². The monoisotopic (exact) mass is 305 g/mol. The topological polar surface area (TPSA) is 83.5 Å². The highest BCUT2D eigenvalue weighted by molar-refractivity contribution is 9.10. The van der Waals surface area contributed by atoms with Crippen molar-refractivity contribution in [2.75, 3.05) is 11.5 Å². The summed E-state index contributed by atoms with van der Waals surface area (Å²) in [5, 5.41) is 17.8. The van der Waals surface area contributed by atoms with Crippen LogP contribution in [-0.2, 0) is 4.79 Å². The summed E-state index contributed by atoms with van der Waals surface area (Å²) in [5.74, 6) is -0.685. The number of aliphatic hydroxyl groups excluding tert-OH is 1. The summed E-state index contributed by atoms with van der Waals surface area (Å²) in [6.07, 6.45) is -1.10. The molecule has 4 nitrogen and oxygen atoms in total. The quantitative estimate of drug-likeness (QED) is 0.572. The fourth-order valence-corrected chi connectivity index (χ4v) is 2.36. The lowest BCUT2D eigenvalue weighted by molar-refractivity contribution is -0.138. The minimum Gasteiger partial charge on any atom is -0.481 e. The highest BCUT2D eigenvalue weighted by atomic mass is 79.9. The van der Waals surface area contributed by atoms with Crippen molar-refractivity contribution >= 4 is 39.3 Å². The molecular weight excluding hydrogens is 294 g/mol. The highest BCUT2D eigenvalue weighted by Gasteiger charge is 2.10. The molecule has 4 N–H and O–H groups in total. The second-order valence-electron chi connectivity index (χ2n) is 3.24. The van der Waals surface area contributed by atoms with Crippen molar-refractivity contribution < 1.29 is 15.0 Å². The molecule has 1 aromatic rings. The Labute approximate surface area is 106 Å². The number of carbonyl (C=O) groups is 1. The van der Waals surface area contributed by atoms with E-state index in [0.29, 0.717) is 11.4 Å². The minimum absolute atomic E-state index is 0.247. The molecule has 0 fully saturated rings. The molecule has 1 unspecified atom stereocenters. The van der Waals surface area contributed by atoms with Crippen LogP contribution in [0.2, 0.25) is 0 Å². The zero-order chi connectivity index (χ0) is 12.1. The summed E-state index contributed by atoms with van der Waals surface area (Å²) in [7, 11) is 0. The number of rotatable bonds is 5. The number of aliphatic hydroxyl groups is 1. The summed E-state index contributed by atoms with van der Waals surface area (Å²) in [6, 6.07) is 5.45. The second-order valence-corrected chi connectivity index (χ2v) is 5.22. The number of hydrogen-bond donors (Lipinski definition) is 3. The average Bonchev–Trinajstić information content (AvgIpc) is 2.15. The van der Waals surface area contributed by atoms with Crippen molar-refractivity contribution in [1.29, 1.82) is 0 Å². The van der Waals surface area contributed by atoms with Crippen LogP contribution in [0.4, 0.5) is 5.69 Å². The molecule has 1 atom stereocenters. The number of halogens is 1. The Morgan fingerprint density at radius 3 is 2.81 bits per heavy atom. The zero-order valence-corrected chi connectivity index (χ0v) is 10.8. The maximum atomic E-state index is 10.3. The lowest BCUT2D eigenvalue weighted by Crippen LogP contribution is -2.15. The first-order chi connectivity index (χ1) is 7.49. The Balaban J connectivity index is 2.51. The summed E-state index contributed by atoms with van der Waals surface area (Å²) >= 11 is 4.64. The molecule has 1 aromatic carbocycles. The maximum Gasteiger partial charge on any atom is 0.306 e. The number of aliphatic carboxylic acids is 1. The van der Waals surface area contributed by atoms with E-state index in [9.17, 15) is 9.90 Å². The maximum absolute atomic E-state index is 10.3. The van der Waals surface area contributed by atoms with Gasteiger partial charge in [-0.25, -0.2) is 0 Å². The highest BCUT2D eigenvalue weighted by Crippen LogP contribution is 2.28. The molecule has 1 rings (SSSR count). The third kappa shape index (κ3) is 4.42. The molecule has 0 saturated carbocycles. The molecule has 0 heterocycles. The number of nitrogens with two attached hydrogens (primary N) is 1. The van der Waals surface area contributed by atoms with E-state index in [2.05, 4.69) is 15.9 Å². The van der Waals surface area contributed by atoms with Crippen LogP contribution in [0.25, 0.3) is 0 Å². The fraction of sp³-hybridized carbons (Fsp3) is 0.300. The van der Waals surface area contributed by atoms with Crippen molar-refractivity contribution in [3.63, 3.8) is 0 Å². The van der Waals surface area contributed by atoms with Gasteiger partial charge in [-0.3, -0.25) is 4.79 Å². The number of carboxylic acids is 1. The molecule has 0 aliphatic carbocycles. The van der Waals surface area contributed by atoms with E-state index in [-0.39, 0.29) is 6.42 Å². The predicted molar refractivity (Wildman–Crippen MR) is 67.5 cm³/mol. The van der Waals surface area contributed by atoms with Gasteiger partial charge in [-0.2, -0.15) is 0 Å². The summed E-state index contributed by atoms with van der Waals surface area (Å²) < 4.78 is 0.889. The fourth-order valence-electron chi connectivity index (χ4n) is 1.10. The van der Waals surface area contributed by atoms with Crippen LogP contribution in [0.5, 0.6) is 0 Å². The van der Waals surface area contributed by atoms with Gasteiger partial charge in [0.2, 0.25) is 0 Å². The van der Waals surface area contributed by atoms with E-state index in [1.165, 1.54) is 11.8 Å². The SMILES string of the molecule is Nc1cc(Br)ccc1SCC(O)CC(=O)O. The lowest BCUT2D eigenvalue weighted by Gasteiger charge is -2.09. The van der Waals surface area contributed by atoms with Crippen molar-refractivity contribution in [2.24, 2.45) is 0 Å². The van der Waals surface area contributed by atoms with Gasteiger partial charge in [-0.1, -0.05) is 15.9 Å². The first kappa shape index (κ1) is 13.3. The van der Waals surface area contributed by atoms with E-state index in [4.69, 9.17) is 10.8 Å². The van der Waals surface area contributed by atoms with Gasteiger partial charge in [-0.05, 0) is 18.2 Å². The Kier molecular flexibility index (Phi) is 5.11.